The highest BCUT2D eigenvalue weighted by Crippen LogP contribution is 2.40. The monoisotopic (exact) mass is 524 g/mol. The van der Waals surface area contributed by atoms with Gasteiger partial charge in [-0.2, -0.15) is 8.42 Å². The fourth-order valence-electron chi connectivity index (χ4n) is 3.66. The summed E-state index contributed by atoms with van der Waals surface area (Å²) in [4.78, 5) is 12.2. The molecule has 0 fully saturated rings. The van der Waals surface area contributed by atoms with Gasteiger partial charge >= 0.3 is 5.97 Å². The summed E-state index contributed by atoms with van der Waals surface area (Å²) < 4.78 is 50.6. The van der Waals surface area contributed by atoms with Crippen LogP contribution in [0.1, 0.15) is 21.5 Å². The van der Waals surface area contributed by atoms with Gasteiger partial charge in [0.1, 0.15) is 34.9 Å². The van der Waals surface area contributed by atoms with Crippen LogP contribution in [0, 0.1) is 0 Å². The van der Waals surface area contributed by atoms with Crippen LogP contribution >= 0.6 is 0 Å². The van der Waals surface area contributed by atoms with Crippen LogP contribution in [-0.2, 0) is 27.8 Å². The van der Waals surface area contributed by atoms with Gasteiger partial charge in [-0.1, -0.05) is 47.6 Å². The van der Waals surface area contributed by atoms with Crippen molar-refractivity contribution in [3.05, 3.63) is 83.9 Å². The summed E-state index contributed by atoms with van der Waals surface area (Å²) in [5.41, 5.74) is 1.15. The second-order valence-electron chi connectivity index (χ2n) is 7.85. The number of allylic oxidation sites excluding steroid dienone is 1. The van der Waals surface area contributed by atoms with Gasteiger partial charge < -0.3 is 23.8 Å². The van der Waals surface area contributed by atoms with Crippen molar-refractivity contribution in [3.8, 4) is 17.2 Å². The lowest BCUT2D eigenvalue weighted by molar-refractivity contribution is 0.0600. The molecule has 192 valence electrons. The number of methoxy groups -OCH3 is 2. The van der Waals surface area contributed by atoms with Crippen LogP contribution in [0.5, 0.6) is 17.2 Å². The number of phenols is 1. The second kappa shape index (κ2) is 10.6. The molecule has 1 heterocycles. The number of carbonyl (C=O) groups excluding carboxylic acids is 1. The van der Waals surface area contributed by atoms with E-state index in [-0.39, 0.29) is 46.1 Å². The fraction of sp³-hybridized carbons (Fsp3) is 0.154. The molecule has 0 saturated carbocycles. The standard InChI is InChI=1S/C26H24N2O8S/c1-4-8-17-11-12-19(33-2)23(24(17)29)28-37(31,32)25-22-20(35-15-16-9-6-5-7-10-16)13-18(26(30)34-3)14-21(22)36-27-25/h4-7,9-14,28-29H,1,8,15H2,2-3H3. The van der Waals surface area contributed by atoms with Crippen molar-refractivity contribution in [2.75, 3.05) is 18.9 Å². The number of carbonyl (C=O) groups is 1. The summed E-state index contributed by atoms with van der Waals surface area (Å²) in [6, 6.07) is 15.0. The highest BCUT2D eigenvalue weighted by molar-refractivity contribution is 7.92. The van der Waals surface area contributed by atoms with Gasteiger partial charge in [0.05, 0.1) is 19.8 Å². The molecule has 0 aliphatic heterocycles. The molecule has 4 aromatic rings. The molecule has 0 bridgehead atoms. The van der Waals surface area contributed by atoms with Crippen LogP contribution in [0.2, 0.25) is 0 Å². The molecular formula is C26H24N2O8S. The molecule has 0 radical (unpaired) electrons. The molecular weight excluding hydrogens is 500 g/mol. The van der Waals surface area contributed by atoms with Crippen molar-refractivity contribution < 1.29 is 37.1 Å². The summed E-state index contributed by atoms with van der Waals surface area (Å²) in [6.07, 6.45) is 1.87. The number of nitrogens with one attached hydrogen (secondary N) is 1. The van der Waals surface area contributed by atoms with Gasteiger partial charge in [0.2, 0.25) is 5.03 Å². The van der Waals surface area contributed by atoms with Crippen LogP contribution in [0.3, 0.4) is 0 Å². The third kappa shape index (κ3) is 5.21. The summed E-state index contributed by atoms with van der Waals surface area (Å²) in [5, 5.41) is 14.0. The maximum Gasteiger partial charge on any atom is 0.338 e. The number of fused-ring (bicyclic) bond motifs is 1. The lowest BCUT2D eigenvalue weighted by atomic mass is 10.1. The zero-order valence-electron chi connectivity index (χ0n) is 20.1. The molecule has 2 N–H and O–H groups in total. The predicted octanol–water partition coefficient (Wildman–Crippen LogP) is 4.44. The first-order valence-corrected chi connectivity index (χ1v) is 12.5. The lowest BCUT2D eigenvalue weighted by Crippen LogP contribution is -2.15. The Hall–Kier alpha value is -4.51. The Morgan fingerprint density at radius 2 is 1.89 bits per heavy atom. The molecule has 0 aliphatic carbocycles. The number of aromatic nitrogens is 1. The maximum absolute atomic E-state index is 13.5. The summed E-state index contributed by atoms with van der Waals surface area (Å²) in [5.74, 6) is -0.849. The Kier molecular flexibility index (Phi) is 7.35. The topological polar surface area (TPSA) is 137 Å². The van der Waals surface area contributed by atoms with Crippen LogP contribution in [0.25, 0.3) is 11.0 Å². The van der Waals surface area contributed by atoms with E-state index in [9.17, 15) is 18.3 Å². The van der Waals surface area contributed by atoms with E-state index >= 15 is 0 Å². The number of hydrogen-bond acceptors (Lipinski definition) is 9. The van der Waals surface area contributed by atoms with Gasteiger partial charge in [-0.05, 0) is 30.2 Å². The van der Waals surface area contributed by atoms with E-state index < -0.39 is 21.0 Å². The Bertz CT molecular complexity index is 1560. The average molecular weight is 525 g/mol. The molecule has 0 saturated heterocycles. The SMILES string of the molecule is C=CCc1ccc(OC)c(NS(=O)(=O)c2noc3cc(C(=O)OC)cc(OCc4ccccc4)c23)c1O. The molecule has 11 heteroatoms. The van der Waals surface area contributed by atoms with Crippen molar-refractivity contribution in [2.45, 2.75) is 18.1 Å². The highest BCUT2D eigenvalue weighted by atomic mass is 32.2. The van der Waals surface area contributed by atoms with E-state index in [1.807, 2.05) is 30.3 Å². The molecule has 0 atom stereocenters. The number of aromatic hydroxyl groups is 1. The number of sulfonamides is 1. The van der Waals surface area contributed by atoms with Crippen LogP contribution in [-0.4, -0.2) is 38.9 Å². The Labute approximate surface area is 213 Å². The van der Waals surface area contributed by atoms with Gasteiger partial charge in [0, 0.05) is 5.56 Å². The predicted molar refractivity (Wildman–Crippen MR) is 135 cm³/mol. The first-order chi connectivity index (χ1) is 17.8. The van der Waals surface area contributed by atoms with Crippen LogP contribution in [0.15, 0.2) is 76.8 Å². The zero-order valence-corrected chi connectivity index (χ0v) is 20.9. The number of ether oxygens (including phenoxy) is 3. The molecule has 37 heavy (non-hydrogen) atoms. The highest BCUT2D eigenvalue weighted by Gasteiger charge is 2.30. The van der Waals surface area contributed by atoms with Crippen molar-refractivity contribution >= 4 is 32.6 Å². The number of anilines is 1. The Balaban J connectivity index is 1.81. The van der Waals surface area contributed by atoms with Gasteiger partial charge in [-0.3, -0.25) is 4.72 Å². The second-order valence-corrected chi connectivity index (χ2v) is 9.45. The number of rotatable bonds is 10. The Morgan fingerprint density at radius 3 is 2.57 bits per heavy atom. The molecule has 4 rings (SSSR count). The first-order valence-electron chi connectivity index (χ1n) is 11.0. The van der Waals surface area contributed by atoms with Crippen molar-refractivity contribution in [3.63, 3.8) is 0 Å². The summed E-state index contributed by atoms with van der Waals surface area (Å²) >= 11 is 0. The van der Waals surface area contributed by atoms with E-state index in [2.05, 4.69) is 16.5 Å². The zero-order chi connectivity index (χ0) is 26.6. The molecule has 0 aliphatic rings. The number of benzene rings is 3. The van der Waals surface area contributed by atoms with Gasteiger partial charge in [-0.25, -0.2) is 4.79 Å². The minimum absolute atomic E-state index is 0.0109. The molecule has 0 unspecified atom stereocenters. The summed E-state index contributed by atoms with van der Waals surface area (Å²) in [6.45, 7) is 3.72. The van der Waals surface area contributed by atoms with Crippen molar-refractivity contribution in [2.24, 2.45) is 0 Å². The van der Waals surface area contributed by atoms with E-state index in [0.29, 0.717) is 12.0 Å². The molecule has 3 aromatic carbocycles. The largest absolute Gasteiger partial charge is 0.505 e. The fourth-order valence-corrected chi connectivity index (χ4v) is 4.83. The van der Waals surface area contributed by atoms with Gasteiger partial charge in [0.15, 0.2) is 5.58 Å². The van der Waals surface area contributed by atoms with Crippen molar-refractivity contribution in [1.82, 2.24) is 5.16 Å². The lowest BCUT2D eigenvalue weighted by Gasteiger charge is -2.15. The number of nitrogens with zero attached hydrogens (tertiary/aromatic N) is 1. The molecule has 10 nitrogen and oxygen atoms in total. The van der Waals surface area contributed by atoms with Gasteiger partial charge in [-0.15, -0.1) is 6.58 Å². The average Bonchev–Trinajstić information content (AvgIpc) is 3.35. The summed E-state index contributed by atoms with van der Waals surface area (Å²) in [7, 11) is -1.88. The Morgan fingerprint density at radius 1 is 1.14 bits per heavy atom. The smallest absolute Gasteiger partial charge is 0.338 e. The minimum Gasteiger partial charge on any atom is -0.505 e. The van der Waals surface area contributed by atoms with E-state index in [0.717, 1.165) is 5.56 Å². The molecule has 0 amide bonds. The third-order valence-electron chi connectivity index (χ3n) is 5.46. The molecule has 1 aromatic heterocycles. The van der Waals surface area contributed by atoms with Crippen LogP contribution in [0.4, 0.5) is 5.69 Å². The quantitative estimate of drug-likeness (QED) is 0.175. The van der Waals surface area contributed by atoms with E-state index in [1.54, 1.807) is 12.1 Å². The number of hydrogen-bond donors (Lipinski definition) is 2. The normalized spacial score (nSPS) is 11.2. The molecule has 0 spiro atoms. The minimum atomic E-state index is -4.44. The maximum atomic E-state index is 13.5. The number of phenolic OH excluding ortho intramolecular Hbond substituents is 1. The number of esters is 1. The first kappa shape index (κ1) is 25.6. The van der Waals surface area contributed by atoms with Crippen LogP contribution < -0.4 is 14.2 Å². The van der Waals surface area contributed by atoms with Gasteiger partial charge in [0.25, 0.3) is 10.0 Å². The third-order valence-corrected chi connectivity index (χ3v) is 6.72. The van der Waals surface area contributed by atoms with E-state index in [1.165, 1.54) is 32.4 Å². The van der Waals surface area contributed by atoms with E-state index in [4.69, 9.17) is 18.7 Å². The van der Waals surface area contributed by atoms with Crippen molar-refractivity contribution in [1.29, 1.82) is 0 Å².